The van der Waals surface area contributed by atoms with E-state index in [0.717, 1.165) is 24.8 Å². The van der Waals surface area contributed by atoms with Crippen molar-refractivity contribution in [2.45, 2.75) is 62.9 Å². The van der Waals surface area contributed by atoms with Crippen molar-refractivity contribution in [2.24, 2.45) is 0 Å². The number of likely N-dealkylation sites (tertiary alicyclic amines) is 1. The van der Waals surface area contributed by atoms with Crippen LogP contribution in [-0.4, -0.2) is 40.7 Å². The van der Waals surface area contributed by atoms with Crippen LogP contribution in [0.1, 0.15) is 63.2 Å². The van der Waals surface area contributed by atoms with Gasteiger partial charge in [0.05, 0.1) is 6.04 Å². The van der Waals surface area contributed by atoms with Gasteiger partial charge in [-0.2, -0.15) is 4.98 Å². The Hall–Kier alpha value is -0.940. The second-order valence-electron chi connectivity index (χ2n) is 6.89. The Labute approximate surface area is 120 Å². The van der Waals surface area contributed by atoms with Gasteiger partial charge in [-0.05, 0) is 58.2 Å². The fourth-order valence-corrected chi connectivity index (χ4v) is 3.66. The average molecular weight is 276 g/mol. The van der Waals surface area contributed by atoms with Crippen LogP contribution in [0.4, 0.5) is 0 Å². The van der Waals surface area contributed by atoms with Crippen LogP contribution in [0.25, 0.3) is 0 Å². The molecule has 0 bridgehead atoms. The lowest BCUT2D eigenvalue weighted by Crippen LogP contribution is -2.42. The molecule has 2 saturated heterocycles. The molecule has 1 aliphatic carbocycles. The van der Waals surface area contributed by atoms with Gasteiger partial charge in [0.25, 0.3) is 0 Å². The Morgan fingerprint density at radius 1 is 1.25 bits per heavy atom. The summed E-state index contributed by atoms with van der Waals surface area (Å²) in [6.45, 7) is 5.70. The first-order valence-electron chi connectivity index (χ1n) is 8.07. The third-order valence-electron chi connectivity index (χ3n) is 5.34. The van der Waals surface area contributed by atoms with Crippen molar-refractivity contribution in [3.8, 4) is 0 Å². The van der Waals surface area contributed by atoms with Gasteiger partial charge >= 0.3 is 0 Å². The van der Waals surface area contributed by atoms with Gasteiger partial charge in [0.1, 0.15) is 0 Å². The Bertz CT molecular complexity index is 476. The van der Waals surface area contributed by atoms with Crippen LogP contribution in [0.15, 0.2) is 4.52 Å². The van der Waals surface area contributed by atoms with E-state index in [9.17, 15) is 0 Å². The lowest BCUT2D eigenvalue weighted by molar-refractivity contribution is 0.126. The number of nitrogens with zero attached hydrogens (tertiary/aromatic N) is 3. The molecule has 0 spiro atoms. The minimum atomic E-state index is 0.208. The van der Waals surface area contributed by atoms with Crippen molar-refractivity contribution in [1.29, 1.82) is 0 Å². The molecule has 1 saturated carbocycles. The summed E-state index contributed by atoms with van der Waals surface area (Å²) in [6, 6.07) is 1.05. The largest absolute Gasteiger partial charge is 0.338 e. The first kappa shape index (κ1) is 12.8. The zero-order valence-electron chi connectivity index (χ0n) is 12.3. The van der Waals surface area contributed by atoms with Gasteiger partial charge in [-0.3, -0.25) is 4.90 Å². The SMILES string of the molecule is CC1(c2noc(C3CCCN3C3CCNCC3)n2)CC1. The van der Waals surface area contributed by atoms with E-state index in [1.54, 1.807) is 0 Å². The normalized spacial score (nSPS) is 30.8. The maximum absolute atomic E-state index is 5.62. The van der Waals surface area contributed by atoms with Crippen LogP contribution in [0, 0.1) is 0 Å². The van der Waals surface area contributed by atoms with Crippen LogP contribution >= 0.6 is 0 Å². The van der Waals surface area contributed by atoms with Gasteiger partial charge in [0.15, 0.2) is 5.82 Å². The zero-order chi connectivity index (χ0) is 13.6. The molecule has 1 atom stereocenters. The molecule has 2 aliphatic heterocycles. The number of piperidine rings is 1. The fraction of sp³-hybridized carbons (Fsp3) is 0.867. The van der Waals surface area contributed by atoms with E-state index in [1.165, 1.54) is 45.1 Å². The molecular formula is C15H24N4O. The van der Waals surface area contributed by atoms with Gasteiger partial charge in [0.2, 0.25) is 5.89 Å². The molecule has 1 N–H and O–H groups in total. The predicted octanol–water partition coefficient (Wildman–Crippen LogP) is 2.01. The zero-order valence-corrected chi connectivity index (χ0v) is 12.3. The maximum atomic E-state index is 5.62. The van der Waals surface area contributed by atoms with Crippen LogP contribution in [0.2, 0.25) is 0 Å². The second kappa shape index (κ2) is 4.81. The Balaban J connectivity index is 1.52. The van der Waals surface area contributed by atoms with E-state index >= 15 is 0 Å². The molecule has 5 heteroatoms. The Kier molecular flexibility index (Phi) is 3.07. The lowest BCUT2D eigenvalue weighted by Gasteiger charge is -2.34. The van der Waals surface area contributed by atoms with Gasteiger partial charge in [-0.15, -0.1) is 0 Å². The van der Waals surface area contributed by atoms with E-state index in [0.29, 0.717) is 12.1 Å². The molecule has 0 aromatic carbocycles. The molecule has 3 heterocycles. The first-order valence-corrected chi connectivity index (χ1v) is 8.07. The number of rotatable bonds is 3. The molecule has 20 heavy (non-hydrogen) atoms. The predicted molar refractivity (Wildman–Crippen MR) is 75.5 cm³/mol. The molecule has 3 fully saturated rings. The van der Waals surface area contributed by atoms with Gasteiger partial charge in [0, 0.05) is 11.5 Å². The molecule has 0 radical (unpaired) electrons. The minimum Gasteiger partial charge on any atom is -0.338 e. The monoisotopic (exact) mass is 276 g/mol. The van der Waals surface area contributed by atoms with Crippen molar-refractivity contribution < 1.29 is 4.52 Å². The highest BCUT2D eigenvalue weighted by Crippen LogP contribution is 2.46. The van der Waals surface area contributed by atoms with E-state index in [4.69, 9.17) is 9.51 Å². The molecule has 3 aliphatic rings. The summed E-state index contributed by atoms with van der Waals surface area (Å²) in [7, 11) is 0. The number of aromatic nitrogens is 2. The summed E-state index contributed by atoms with van der Waals surface area (Å²) in [4.78, 5) is 7.35. The van der Waals surface area contributed by atoms with Crippen molar-refractivity contribution in [3.63, 3.8) is 0 Å². The van der Waals surface area contributed by atoms with Crippen LogP contribution in [0.5, 0.6) is 0 Å². The molecule has 5 nitrogen and oxygen atoms in total. The highest BCUT2D eigenvalue weighted by atomic mass is 16.5. The summed E-state index contributed by atoms with van der Waals surface area (Å²) < 4.78 is 5.62. The summed E-state index contributed by atoms with van der Waals surface area (Å²) in [5, 5.41) is 7.70. The lowest BCUT2D eigenvalue weighted by atomic mass is 10.0. The maximum Gasteiger partial charge on any atom is 0.244 e. The topological polar surface area (TPSA) is 54.2 Å². The van der Waals surface area contributed by atoms with Crippen LogP contribution < -0.4 is 5.32 Å². The number of nitrogens with one attached hydrogen (secondary N) is 1. The van der Waals surface area contributed by atoms with Crippen molar-refractivity contribution >= 4 is 0 Å². The first-order chi connectivity index (χ1) is 9.76. The molecule has 4 rings (SSSR count). The quantitative estimate of drug-likeness (QED) is 0.915. The van der Waals surface area contributed by atoms with Crippen molar-refractivity contribution in [3.05, 3.63) is 11.7 Å². The Morgan fingerprint density at radius 2 is 2.05 bits per heavy atom. The van der Waals surface area contributed by atoms with Crippen LogP contribution in [0.3, 0.4) is 0 Å². The highest BCUT2D eigenvalue weighted by Gasteiger charge is 2.44. The van der Waals surface area contributed by atoms with E-state index in [1.807, 2.05) is 0 Å². The third-order valence-corrected chi connectivity index (χ3v) is 5.34. The Morgan fingerprint density at radius 3 is 2.80 bits per heavy atom. The average Bonchev–Trinajstić information content (AvgIpc) is 2.95. The van der Waals surface area contributed by atoms with Crippen LogP contribution in [-0.2, 0) is 5.41 Å². The number of hydrogen-bond donors (Lipinski definition) is 1. The summed E-state index contributed by atoms with van der Waals surface area (Å²) in [5.41, 5.74) is 0.208. The minimum absolute atomic E-state index is 0.208. The molecule has 1 aromatic heterocycles. The van der Waals surface area contributed by atoms with Gasteiger partial charge in [-0.1, -0.05) is 12.1 Å². The molecule has 110 valence electrons. The third kappa shape index (κ3) is 2.17. The van der Waals surface area contributed by atoms with Crippen molar-refractivity contribution in [2.75, 3.05) is 19.6 Å². The molecule has 1 unspecified atom stereocenters. The fourth-order valence-electron chi connectivity index (χ4n) is 3.66. The van der Waals surface area contributed by atoms with E-state index in [2.05, 4.69) is 22.3 Å². The van der Waals surface area contributed by atoms with E-state index in [-0.39, 0.29) is 5.41 Å². The van der Waals surface area contributed by atoms with Gasteiger partial charge < -0.3 is 9.84 Å². The summed E-state index contributed by atoms with van der Waals surface area (Å²) >= 11 is 0. The molecule has 0 amide bonds. The summed E-state index contributed by atoms with van der Waals surface area (Å²) in [5.74, 6) is 1.80. The standard InChI is InChI=1S/C15H24N4O/c1-15(6-7-15)14-17-13(20-18-14)12-3-2-10-19(12)11-4-8-16-9-5-11/h11-12,16H,2-10H2,1H3. The molecule has 1 aromatic rings. The van der Waals surface area contributed by atoms with Gasteiger partial charge in [-0.25, -0.2) is 0 Å². The smallest absolute Gasteiger partial charge is 0.244 e. The van der Waals surface area contributed by atoms with Crippen molar-refractivity contribution in [1.82, 2.24) is 20.4 Å². The second-order valence-corrected chi connectivity index (χ2v) is 6.89. The summed E-state index contributed by atoms with van der Waals surface area (Å²) in [6.07, 6.45) is 7.32. The molecular weight excluding hydrogens is 252 g/mol. The highest BCUT2D eigenvalue weighted by molar-refractivity contribution is 5.15. The number of hydrogen-bond acceptors (Lipinski definition) is 5. The van der Waals surface area contributed by atoms with E-state index < -0.39 is 0 Å².